The largest absolute Gasteiger partial charge is 0.356 e. The molecule has 0 fully saturated rings. The molecular formula is C17H28N2O2S. The van der Waals surface area contributed by atoms with Crippen LogP contribution in [0, 0.1) is 5.92 Å². The van der Waals surface area contributed by atoms with Crippen molar-refractivity contribution in [2.24, 2.45) is 5.92 Å². The van der Waals surface area contributed by atoms with Crippen LogP contribution >= 0.6 is 11.3 Å². The lowest BCUT2D eigenvalue weighted by Gasteiger charge is -2.15. The van der Waals surface area contributed by atoms with E-state index in [-0.39, 0.29) is 24.7 Å². The molecule has 22 heavy (non-hydrogen) atoms. The molecule has 0 spiro atoms. The van der Waals surface area contributed by atoms with E-state index >= 15 is 0 Å². The van der Waals surface area contributed by atoms with Gasteiger partial charge < -0.3 is 10.6 Å². The number of nitrogens with one attached hydrogen (secondary N) is 2. The van der Waals surface area contributed by atoms with Crippen molar-refractivity contribution in [3.63, 3.8) is 0 Å². The van der Waals surface area contributed by atoms with E-state index in [0.717, 1.165) is 24.3 Å². The quantitative estimate of drug-likeness (QED) is 0.655. The van der Waals surface area contributed by atoms with Gasteiger partial charge in [0.05, 0.1) is 6.54 Å². The second kappa shape index (κ2) is 11.2. The Kier molecular flexibility index (Phi) is 9.55. The highest BCUT2D eigenvalue weighted by Gasteiger charge is 2.10. The molecule has 1 aromatic heterocycles. The summed E-state index contributed by atoms with van der Waals surface area (Å²) in [7, 11) is 0. The number of amides is 2. The van der Waals surface area contributed by atoms with E-state index in [9.17, 15) is 9.59 Å². The lowest BCUT2D eigenvalue weighted by Crippen LogP contribution is -2.30. The van der Waals surface area contributed by atoms with Crippen LogP contribution in [0.1, 0.15) is 57.2 Å². The Hall–Kier alpha value is -1.36. The molecule has 1 heterocycles. The molecule has 0 bridgehead atoms. The van der Waals surface area contributed by atoms with Gasteiger partial charge in [0, 0.05) is 24.3 Å². The molecule has 0 aliphatic carbocycles. The summed E-state index contributed by atoms with van der Waals surface area (Å²) in [6, 6.07) is 3.95. The lowest BCUT2D eigenvalue weighted by atomic mass is 9.99. The first-order valence-corrected chi connectivity index (χ1v) is 9.09. The summed E-state index contributed by atoms with van der Waals surface area (Å²) in [4.78, 5) is 24.6. The Morgan fingerprint density at radius 3 is 2.50 bits per heavy atom. The zero-order valence-electron chi connectivity index (χ0n) is 13.7. The van der Waals surface area contributed by atoms with Gasteiger partial charge >= 0.3 is 0 Å². The van der Waals surface area contributed by atoms with Crippen LogP contribution in [0.2, 0.25) is 0 Å². The number of hydrogen-bond donors (Lipinski definition) is 2. The smallest absolute Gasteiger partial charge is 0.220 e. The number of carbonyl (C=O) groups is 2. The van der Waals surface area contributed by atoms with Gasteiger partial charge in [-0.15, -0.1) is 11.3 Å². The van der Waals surface area contributed by atoms with E-state index in [1.807, 2.05) is 17.5 Å². The molecule has 124 valence electrons. The monoisotopic (exact) mass is 324 g/mol. The molecule has 2 N–H and O–H groups in total. The first-order chi connectivity index (χ1) is 10.7. The maximum Gasteiger partial charge on any atom is 0.220 e. The highest BCUT2D eigenvalue weighted by molar-refractivity contribution is 7.09. The van der Waals surface area contributed by atoms with Crippen molar-refractivity contribution in [3.05, 3.63) is 22.4 Å². The maximum atomic E-state index is 11.8. The zero-order chi connectivity index (χ0) is 16.2. The van der Waals surface area contributed by atoms with E-state index in [0.29, 0.717) is 12.5 Å². The van der Waals surface area contributed by atoms with Crippen molar-refractivity contribution < 1.29 is 9.59 Å². The summed E-state index contributed by atoms with van der Waals surface area (Å²) < 4.78 is 0. The van der Waals surface area contributed by atoms with Crippen molar-refractivity contribution in [1.29, 1.82) is 0 Å². The minimum atomic E-state index is -0.0680. The van der Waals surface area contributed by atoms with Crippen LogP contribution in [0.4, 0.5) is 0 Å². The van der Waals surface area contributed by atoms with Gasteiger partial charge in [-0.25, -0.2) is 0 Å². The number of rotatable bonds is 11. The third-order valence-corrected chi connectivity index (χ3v) is 4.63. The van der Waals surface area contributed by atoms with Gasteiger partial charge in [0.15, 0.2) is 0 Å². The molecule has 1 rings (SSSR count). The minimum absolute atomic E-state index is 0.0266. The summed E-state index contributed by atoms with van der Waals surface area (Å²) in [5.41, 5.74) is 0. The van der Waals surface area contributed by atoms with Gasteiger partial charge in [0.1, 0.15) is 0 Å². The average molecular weight is 324 g/mol. The molecule has 0 unspecified atom stereocenters. The molecule has 2 amide bonds. The third kappa shape index (κ3) is 8.17. The van der Waals surface area contributed by atoms with Crippen molar-refractivity contribution in [1.82, 2.24) is 10.6 Å². The van der Waals surface area contributed by atoms with Crippen LogP contribution in [-0.4, -0.2) is 18.4 Å². The summed E-state index contributed by atoms with van der Waals surface area (Å²) in [6.45, 7) is 5.61. The molecule has 1 aromatic rings. The fourth-order valence-electron chi connectivity index (χ4n) is 2.20. The summed E-state index contributed by atoms with van der Waals surface area (Å²) in [5.74, 6) is 0.458. The second-order valence-electron chi connectivity index (χ2n) is 5.58. The predicted molar refractivity (Wildman–Crippen MR) is 91.7 cm³/mol. The number of thiophene rings is 1. The van der Waals surface area contributed by atoms with Gasteiger partial charge in [-0.3, -0.25) is 9.59 Å². The summed E-state index contributed by atoms with van der Waals surface area (Å²) in [6.07, 6.45) is 5.16. The van der Waals surface area contributed by atoms with Crippen LogP contribution in [0.5, 0.6) is 0 Å². The lowest BCUT2D eigenvalue weighted by molar-refractivity contribution is -0.126. The second-order valence-corrected chi connectivity index (χ2v) is 6.61. The highest BCUT2D eigenvalue weighted by Crippen LogP contribution is 2.11. The SMILES string of the molecule is CCCC[C@H](CC)CNC(=O)CCC(=O)NCc1cccs1. The van der Waals surface area contributed by atoms with E-state index in [1.165, 1.54) is 12.8 Å². The Balaban J connectivity index is 2.12. The van der Waals surface area contributed by atoms with Crippen LogP contribution in [0.3, 0.4) is 0 Å². The highest BCUT2D eigenvalue weighted by atomic mass is 32.1. The molecule has 0 aliphatic rings. The Morgan fingerprint density at radius 1 is 1.18 bits per heavy atom. The number of unbranched alkanes of at least 4 members (excludes halogenated alkanes) is 1. The Labute approximate surface area is 137 Å². The molecule has 5 heteroatoms. The van der Waals surface area contributed by atoms with E-state index < -0.39 is 0 Å². The molecule has 0 aliphatic heterocycles. The molecule has 0 radical (unpaired) electrons. The molecular weight excluding hydrogens is 296 g/mol. The fourth-order valence-corrected chi connectivity index (χ4v) is 2.85. The van der Waals surface area contributed by atoms with Gasteiger partial charge in [-0.05, 0) is 23.8 Å². The van der Waals surface area contributed by atoms with Gasteiger partial charge in [0.25, 0.3) is 0 Å². The van der Waals surface area contributed by atoms with Crippen LogP contribution in [0.15, 0.2) is 17.5 Å². The molecule has 0 aromatic carbocycles. The first kappa shape index (κ1) is 18.7. The van der Waals surface area contributed by atoms with E-state index in [2.05, 4.69) is 24.5 Å². The predicted octanol–water partition coefficient (Wildman–Crippen LogP) is 3.48. The Bertz CT molecular complexity index is 432. The fraction of sp³-hybridized carbons (Fsp3) is 0.647. The average Bonchev–Trinajstić information content (AvgIpc) is 3.04. The van der Waals surface area contributed by atoms with Gasteiger partial charge in [-0.1, -0.05) is 39.2 Å². The summed E-state index contributed by atoms with van der Waals surface area (Å²) in [5, 5.41) is 7.77. The summed E-state index contributed by atoms with van der Waals surface area (Å²) >= 11 is 1.62. The maximum absolute atomic E-state index is 11.8. The van der Waals surface area contributed by atoms with E-state index in [4.69, 9.17) is 0 Å². The molecule has 0 saturated carbocycles. The van der Waals surface area contributed by atoms with Crippen molar-refractivity contribution in [2.45, 2.75) is 58.9 Å². The first-order valence-electron chi connectivity index (χ1n) is 8.21. The molecule has 0 saturated heterocycles. The number of hydrogen-bond acceptors (Lipinski definition) is 3. The van der Waals surface area contributed by atoms with Crippen LogP contribution in [0.25, 0.3) is 0 Å². The van der Waals surface area contributed by atoms with E-state index in [1.54, 1.807) is 11.3 Å². The number of carbonyl (C=O) groups excluding carboxylic acids is 2. The third-order valence-electron chi connectivity index (χ3n) is 3.75. The standard InChI is InChI=1S/C17H28N2O2S/c1-3-5-7-14(4-2)12-18-16(20)9-10-17(21)19-13-15-8-6-11-22-15/h6,8,11,14H,3-5,7,9-10,12-13H2,1-2H3,(H,18,20)(H,19,21)/t14-/m0/s1. The topological polar surface area (TPSA) is 58.2 Å². The minimum Gasteiger partial charge on any atom is -0.356 e. The Morgan fingerprint density at radius 2 is 1.91 bits per heavy atom. The van der Waals surface area contributed by atoms with Crippen molar-refractivity contribution in [3.8, 4) is 0 Å². The van der Waals surface area contributed by atoms with Gasteiger partial charge in [0.2, 0.25) is 11.8 Å². The van der Waals surface area contributed by atoms with Crippen molar-refractivity contribution >= 4 is 23.2 Å². The van der Waals surface area contributed by atoms with Crippen LogP contribution in [-0.2, 0) is 16.1 Å². The zero-order valence-corrected chi connectivity index (χ0v) is 14.5. The molecule has 4 nitrogen and oxygen atoms in total. The normalized spacial score (nSPS) is 11.9. The van der Waals surface area contributed by atoms with Crippen LogP contribution < -0.4 is 10.6 Å². The molecule has 1 atom stereocenters. The van der Waals surface area contributed by atoms with Gasteiger partial charge in [-0.2, -0.15) is 0 Å². The van der Waals surface area contributed by atoms with Crippen molar-refractivity contribution in [2.75, 3.05) is 6.54 Å².